The van der Waals surface area contributed by atoms with Gasteiger partial charge >= 0.3 is 9.05 Å². The second-order valence-electron chi connectivity index (χ2n) is 3.71. The Bertz CT molecular complexity index is 205. The van der Waals surface area contributed by atoms with E-state index in [4.69, 9.17) is 38.6 Å². The van der Waals surface area contributed by atoms with Crippen LogP contribution < -0.4 is 11.1 Å². The second-order valence-corrected chi connectivity index (χ2v) is 5.50. The Balaban J connectivity index is 4.28. The van der Waals surface area contributed by atoms with E-state index in [9.17, 15) is 0 Å². The van der Waals surface area contributed by atoms with Gasteiger partial charge in [0.05, 0.1) is 19.8 Å². The lowest BCUT2D eigenvalue weighted by Gasteiger charge is -2.23. The average Bonchev–Trinajstić information content (AvgIpc) is 2.51. The Morgan fingerprint density at radius 3 is 1.81 bits per heavy atom. The summed E-state index contributed by atoms with van der Waals surface area (Å²) in [6.07, 6.45) is 0.717. The molecule has 0 aliphatic heterocycles. The van der Waals surface area contributed by atoms with Crippen molar-refractivity contribution in [3.8, 4) is 0 Å². The Morgan fingerprint density at radius 2 is 1.38 bits per heavy atom. The third-order valence-corrected chi connectivity index (χ3v) is 3.46. The highest BCUT2D eigenvalue weighted by molar-refractivity contribution is 6.52. The van der Waals surface area contributed by atoms with E-state index in [2.05, 4.69) is 5.32 Å². The van der Waals surface area contributed by atoms with Gasteiger partial charge in [0.1, 0.15) is 0 Å². The number of hydrogen-bond acceptors (Lipinski definition) is 9. The summed E-state index contributed by atoms with van der Waals surface area (Å²) < 4.78 is 20.8. The molecule has 21 heavy (non-hydrogen) atoms. The number of rotatable bonds is 16. The van der Waals surface area contributed by atoms with Crippen molar-refractivity contribution in [1.29, 1.82) is 0 Å². The molecule has 128 valence electrons. The summed E-state index contributed by atoms with van der Waals surface area (Å²) in [5.41, 5.74) is 5.38. The van der Waals surface area contributed by atoms with Crippen molar-refractivity contribution in [2.45, 2.75) is 27.2 Å². The fraction of sp³-hybridized carbons (Fsp3) is 1.00. The fourth-order valence-corrected chi connectivity index (χ4v) is 2.54. The minimum atomic E-state index is -3.65. The fourth-order valence-electron chi connectivity index (χ4n) is 1.13. The Kier molecular flexibility index (Phi) is 14.7. The molecule has 0 radical (unpaired) electrons. The van der Waals surface area contributed by atoms with Crippen molar-refractivity contribution in [2.24, 2.45) is 5.73 Å². The maximum atomic E-state index is 5.54. The van der Waals surface area contributed by atoms with Crippen molar-refractivity contribution in [3.63, 3.8) is 0 Å². The molecule has 0 aromatic heterocycles. The summed E-state index contributed by atoms with van der Waals surface area (Å²) in [6, 6.07) is 0. The molecule has 3 N–H and O–H groups in total. The number of nitrogens with two attached hydrogens (primary N) is 1. The van der Waals surface area contributed by atoms with Gasteiger partial charge in [-0.1, -0.05) is 0 Å². The molecule has 0 aliphatic carbocycles. The first-order valence-corrected chi connectivity index (χ1v) is 8.84. The minimum absolute atomic E-state index is 0.307. The molecule has 0 rings (SSSR count). The smallest absolute Gasteiger partial charge is 0.347 e. The molecule has 0 heterocycles. The Hall–Kier alpha value is -0.143. The molecule has 0 aromatic carbocycles. The molecule has 0 aliphatic rings. The maximum Gasteiger partial charge on any atom is 0.764 e. The minimum Gasteiger partial charge on any atom is -0.347 e. The summed E-state index contributed by atoms with van der Waals surface area (Å²) in [6.45, 7) is 8.63. The van der Waals surface area contributed by atoms with E-state index >= 15 is 0 Å². The van der Waals surface area contributed by atoms with Gasteiger partial charge in [-0.05, 0) is 33.7 Å². The van der Waals surface area contributed by atoms with Crippen LogP contribution in [0.3, 0.4) is 0 Å². The van der Waals surface area contributed by atoms with Crippen molar-refractivity contribution >= 4 is 9.05 Å². The van der Waals surface area contributed by atoms with Crippen molar-refractivity contribution in [2.75, 3.05) is 46.1 Å². The standard InChI is InChI=1S/C11H28N2O7Si/c1-4-14-18-21(19-15-5-2,20-16-6-3)17-11-7-9-13-10-8-12/h13H,4-12H2,1-3H3. The molecule has 10 heteroatoms. The van der Waals surface area contributed by atoms with Crippen LogP contribution in [0.4, 0.5) is 0 Å². The molecule has 0 atom stereocenters. The van der Waals surface area contributed by atoms with Crippen LogP contribution in [0, 0.1) is 0 Å². The van der Waals surface area contributed by atoms with Crippen LogP contribution in [0.5, 0.6) is 0 Å². The summed E-state index contributed by atoms with van der Waals surface area (Å²) in [5.74, 6) is 0. The van der Waals surface area contributed by atoms with Gasteiger partial charge in [-0.3, -0.25) is 0 Å². The van der Waals surface area contributed by atoms with E-state index in [1.807, 2.05) is 0 Å². The van der Waals surface area contributed by atoms with E-state index in [1.54, 1.807) is 20.8 Å². The van der Waals surface area contributed by atoms with Gasteiger partial charge in [-0.2, -0.15) is 13.7 Å². The lowest BCUT2D eigenvalue weighted by atomic mass is 10.4. The molecule has 0 unspecified atom stereocenters. The lowest BCUT2D eigenvalue weighted by Crippen LogP contribution is -2.49. The molecule has 0 amide bonds. The number of nitrogens with one attached hydrogen (secondary N) is 1. The van der Waals surface area contributed by atoms with Gasteiger partial charge in [0, 0.05) is 19.7 Å². The predicted octanol–water partition coefficient (Wildman–Crippen LogP) is 0.281. The van der Waals surface area contributed by atoms with Crippen LogP contribution >= 0.6 is 0 Å². The summed E-state index contributed by atoms with van der Waals surface area (Å²) in [7, 11) is -3.65. The van der Waals surface area contributed by atoms with Crippen LogP contribution in [0.2, 0.25) is 0 Å². The van der Waals surface area contributed by atoms with E-state index in [-0.39, 0.29) is 0 Å². The lowest BCUT2D eigenvalue weighted by molar-refractivity contribution is -0.385. The first-order valence-electron chi connectivity index (χ1n) is 7.21. The first-order chi connectivity index (χ1) is 10.2. The topological polar surface area (TPSA) is 103 Å². The molecule has 0 fully saturated rings. The average molecular weight is 328 g/mol. The molecule has 0 saturated carbocycles. The van der Waals surface area contributed by atoms with Crippen molar-refractivity contribution in [1.82, 2.24) is 5.32 Å². The highest BCUT2D eigenvalue weighted by Crippen LogP contribution is 2.14. The molecule has 0 saturated heterocycles. The Labute approximate surface area is 127 Å². The van der Waals surface area contributed by atoms with E-state index in [0.29, 0.717) is 33.0 Å². The van der Waals surface area contributed by atoms with E-state index in [1.165, 1.54) is 0 Å². The van der Waals surface area contributed by atoms with Gasteiger partial charge in [-0.15, -0.1) is 0 Å². The molecular formula is C11H28N2O7Si. The quantitative estimate of drug-likeness (QED) is 0.179. The second kappa shape index (κ2) is 14.8. The van der Waals surface area contributed by atoms with Crippen LogP contribution in [0.1, 0.15) is 27.2 Å². The highest BCUT2D eigenvalue weighted by Gasteiger charge is 2.52. The van der Waals surface area contributed by atoms with Crippen LogP contribution in [0.15, 0.2) is 0 Å². The zero-order valence-corrected chi connectivity index (χ0v) is 14.1. The monoisotopic (exact) mass is 328 g/mol. The van der Waals surface area contributed by atoms with Gasteiger partial charge in [0.2, 0.25) is 0 Å². The maximum absolute atomic E-state index is 5.54. The molecule has 0 spiro atoms. The van der Waals surface area contributed by atoms with Crippen LogP contribution in [-0.4, -0.2) is 55.1 Å². The van der Waals surface area contributed by atoms with Gasteiger partial charge in [0.25, 0.3) is 0 Å². The summed E-state index contributed by atoms with van der Waals surface area (Å²) in [5, 5.41) is 3.15. The van der Waals surface area contributed by atoms with Gasteiger partial charge in [-0.25, -0.2) is 14.7 Å². The van der Waals surface area contributed by atoms with Crippen molar-refractivity contribution in [3.05, 3.63) is 0 Å². The zero-order chi connectivity index (χ0) is 15.8. The van der Waals surface area contributed by atoms with Crippen molar-refractivity contribution < 1.29 is 32.8 Å². The number of hydrogen-bond donors (Lipinski definition) is 2. The molecule has 9 nitrogen and oxygen atoms in total. The molecule has 0 aromatic rings. The summed E-state index contributed by atoms with van der Waals surface area (Å²) >= 11 is 0. The van der Waals surface area contributed by atoms with E-state index < -0.39 is 9.05 Å². The SMILES string of the molecule is CCOO[Si](OCCCNCCN)(OOCC)OOCC. The van der Waals surface area contributed by atoms with E-state index in [0.717, 1.165) is 19.5 Å². The normalized spacial score (nSPS) is 12.0. The first kappa shape index (κ1) is 20.9. The highest BCUT2D eigenvalue weighted by atomic mass is 28.4. The molecular weight excluding hydrogens is 300 g/mol. The molecule has 0 bridgehead atoms. The third kappa shape index (κ3) is 11.1. The largest absolute Gasteiger partial charge is 0.764 e. The predicted molar refractivity (Wildman–Crippen MR) is 76.4 cm³/mol. The Morgan fingerprint density at radius 1 is 0.857 bits per heavy atom. The van der Waals surface area contributed by atoms with Crippen LogP contribution in [0.25, 0.3) is 0 Å². The zero-order valence-electron chi connectivity index (χ0n) is 13.1. The van der Waals surface area contributed by atoms with Gasteiger partial charge < -0.3 is 15.5 Å². The summed E-state index contributed by atoms with van der Waals surface area (Å²) in [4.78, 5) is 14.6. The van der Waals surface area contributed by atoms with Crippen LogP contribution in [-0.2, 0) is 32.8 Å². The third-order valence-electron chi connectivity index (χ3n) is 1.93. The van der Waals surface area contributed by atoms with Gasteiger partial charge in [0.15, 0.2) is 0 Å².